The highest BCUT2D eigenvalue weighted by Crippen LogP contribution is 2.20. The summed E-state index contributed by atoms with van der Waals surface area (Å²) in [5.74, 6) is 1.06. The summed E-state index contributed by atoms with van der Waals surface area (Å²) in [4.78, 5) is 4.41. The maximum atomic E-state index is 5.03. The largest absolute Gasteiger partial charge is 0.385 e. The molecule has 0 fully saturated rings. The van der Waals surface area contributed by atoms with Crippen LogP contribution < -0.4 is 5.32 Å². The highest BCUT2D eigenvalue weighted by Gasteiger charge is 2.02. The summed E-state index contributed by atoms with van der Waals surface area (Å²) in [5.41, 5.74) is 1.28. The topological polar surface area (TPSA) is 34.2 Å². The second-order valence-electron chi connectivity index (χ2n) is 3.44. The zero-order valence-corrected chi connectivity index (χ0v) is 10.8. The fourth-order valence-corrected chi connectivity index (χ4v) is 2.24. The second kappa shape index (κ2) is 8.56. The number of hydrogen-bond donors (Lipinski definition) is 1. The van der Waals surface area contributed by atoms with Crippen LogP contribution in [0.4, 0.5) is 0 Å². The van der Waals surface area contributed by atoms with Crippen LogP contribution in [-0.4, -0.2) is 31.0 Å². The number of aromatic nitrogens is 1. The lowest BCUT2D eigenvalue weighted by molar-refractivity contribution is 0.200. The Labute approximate surface area is 102 Å². The van der Waals surface area contributed by atoms with Gasteiger partial charge in [-0.15, -0.1) is 11.8 Å². The van der Waals surface area contributed by atoms with Gasteiger partial charge in [-0.05, 0) is 24.6 Å². The molecule has 1 rings (SSSR count). The third kappa shape index (κ3) is 4.96. The summed E-state index contributed by atoms with van der Waals surface area (Å²) in [6, 6.07) is 4.13. The molecule has 1 aromatic rings. The monoisotopic (exact) mass is 240 g/mol. The maximum absolute atomic E-state index is 5.03. The molecule has 0 saturated carbocycles. The van der Waals surface area contributed by atoms with Crippen LogP contribution in [0.1, 0.15) is 18.9 Å². The van der Waals surface area contributed by atoms with Gasteiger partial charge >= 0.3 is 0 Å². The molecule has 0 spiro atoms. The van der Waals surface area contributed by atoms with E-state index in [1.165, 1.54) is 5.56 Å². The molecule has 4 heteroatoms. The van der Waals surface area contributed by atoms with Crippen molar-refractivity contribution in [2.24, 2.45) is 0 Å². The Balaban J connectivity index is 2.43. The number of nitrogens with zero attached hydrogens (tertiary/aromatic N) is 1. The second-order valence-corrected chi connectivity index (χ2v) is 4.53. The van der Waals surface area contributed by atoms with Crippen molar-refractivity contribution >= 4 is 11.8 Å². The Kier molecular flexibility index (Phi) is 7.21. The average molecular weight is 240 g/mol. The third-order valence-corrected chi connectivity index (χ3v) is 3.28. The summed E-state index contributed by atoms with van der Waals surface area (Å²) in [7, 11) is 1.74. The smallest absolute Gasteiger partial charge is 0.100 e. The number of methoxy groups -OCH3 is 1. The Hall–Kier alpha value is -0.580. The molecule has 0 aliphatic rings. The van der Waals surface area contributed by atoms with E-state index in [-0.39, 0.29) is 0 Å². The van der Waals surface area contributed by atoms with Crippen molar-refractivity contribution < 1.29 is 4.74 Å². The molecule has 1 N–H and O–H groups in total. The summed E-state index contributed by atoms with van der Waals surface area (Å²) in [6.07, 6.45) is 2.92. The molecule has 0 bridgehead atoms. The lowest BCUT2D eigenvalue weighted by Crippen LogP contribution is -2.12. The van der Waals surface area contributed by atoms with Gasteiger partial charge in [0.05, 0.1) is 0 Å². The van der Waals surface area contributed by atoms with Gasteiger partial charge in [-0.1, -0.05) is 13.0 Å². The predicted octanol–water partition coefficient (Wildman–Crippen LogP) is 2.32. The molecule has 1 aromatic heterocycles. The summed E-state index contributed by atoms with van der Waals surface area (Å²) < 4.78 is 5.03. The van der Waals surface area contributed by atoms with E-state index in [1.807, 2.05) is 12.3 Å². The molecule has 0 aliphatic heterocycles. The van der Waals surface area contributed by atoms with Crippen molar-refractivity contribution in [3.8, 4) is 0 Å². The minimum absolute atomic E-state index is 0.822. The first-order valence-electron chi connectivity index (χ1n) is 5.64. The fourth-order valence-electron chi connectivity index (χ4n) is 1.32. The molecule has 0 radical (unpaired) electrons. The van der Waals surface area contributed by atoms with Crippen LogP contribution in [0.25, 0.3) is 0 Å². The molecule has 1 heterocycles. The minimum Gasteiger partial charge on any atom is -0.385 e. The number of hydrogen-bond acceptors (Lipinski definition) is 4. The summed E-state index contributed by atoms with van der Waals surface area (Å²) >= 11 is 1.81. The van der Waals surface area contributed by atoms with Gasteiger partial charge in [0.2, 0.25) is 0 Å². The first-order chi connectivity index (χ1) is 7.88. The van der Waals surface area contributed by atoms with E-state index in [2.05, 4.69) is 23.3 Å². The molecule has 16 heavy (non-hydrogen) atoms. The van der Waals surface area contributed by atoms with Crippen LogP contribution >= 0.6 is 11.8 Å². The van der Waals surface area contributed by atoms with Gasteiger partial charge in [0.15, 0.2) is 0 Å². The molecular weight excluding hydrogens is 220 g/mol. The molecule has 0 unspecified atom stereocenters. The first-order valence-corrected chi connectivity index (χ1v) is 6.63. The van der Waals surface area contributed by atoms with E-state index < -0.39 is 0 Å². The molecule has 3 nitrogen and oxygen atoms in total. The molecule has 0 aromatic carbocycles. The number of thioether (sulfide) groups is 1. The lowest BCUT2D eigenvalue weighted by Gasteiger charge is -2.08. The third-order valence-electron chi connectivity index (χ3n) is 2.15. The molecule has 90 valence electrons. The SMILES string of the molecule is CCNCc1cccnc1SCCCOC. The van der Waals surface area contributed by atoms with Gasteiger partial charge in [0, 0.05) is 32.2 Å². The lowest BCUT2D eigenvalue weighted by atomic mass is 10.3. The van der Waals surface area contributed by atoms with Crippen LogP contribution in [0.2, 0.25) is 0 Å². The quantitative estimate of drug-likeness (QED) is 0.558. The van der Waals surface area contributed by atoms with Crippen molar-refractivity contribution in [3.05, 3.63) is 23.9 Å². The highest BCUT2D eigenvalue weighted by molar-refractivity contribution is 7.99. The Bertz CT molecular complexity index is 294. The molecule has 0 saturated heterocycles. The predicted molar refractivity (Wildman–Crippen MR) is 68.8 cm³/mol. The number of ether oxygens (including phenoxy) is 1. The van der Waals surface area contributed by atoms with Crippen molar-refractivity contribution in [3.63, 3.8) is 0 Å². The maximum Gasteiger partial charge on any atom is 0.100 e. The Morgan fingerprint density at radius 3 is 3.12 bits per heavy atom. The van der Waals surface area contributed by atoms with Gasteiger partial charge in [-0.2, -0.15) is 0 Å². The van der Waals surface area contributed by atoms with Crippen LogP contribution in [0.3, 0.4) is 0 Å². The van der Waals surface area contributed by atoms with Gasteiger partial charge in [0.25, 0.3) is 0 Å². The van der Waals surface area contributed by atoms with Gasteiger partial charge in [-0.3, -0.25) is 0 Å². The first kappa shape index (κ1) is 13.5. The normalized spacial score (nSPS) is 10.6. The summed E-state index contributed by atoms with van der Waals surface area (Å²) in [6.45, 7) is 4.82. The number of pyridine rings is 1. The molecule has 0 atom stereocenters. The number of nitrogens with one attached hydrogen (secondary N) is 1. The Morgan fingerprint density at radius 1 is 1.50 bits per heavy atom. The van der Waals surface area contributed by atoms with E-state index in [0.717, 1.165) is 36.9 Å². The standard InChI is InChI=1S/C12H20N2OS/c1-3-13-10-11-6-4-7-14-12(11)16-9-5-8-15-2/h4,6-7,13H,3,5,8-10H2,1-2H3. The van der Waals surface area contributed by atoms with Crippen molar-refractivity contribution in [1.29, 1.82) is 0 Å². The fraction of sp³-hybridized carbons (Fsp3) is 0.583. The summed E-state index contributed by atoms with van der Waals surface area (Å²) in [5, 5.41) is 4.47. The van der Waals surface area contributed by atoms with Crippen molar-refractivity contribution in [2.75, 3.05) is 26.0 Å². The zero-order chi connectivity index (χ0) is 11.6. The van der Waals surface area contributed by atoms with Crippen LogP contribution in [0.15, 0.2) is 23.4 Å². The van der Waals surface area contributed by atoms with Crippen molar-refractivity contribution in [1.82, 2.24) is 10.3 Å². The van der Waals surface area contributed by atoms with Crippen LogP contribution in [-0.2, 0) is 11.3 Å². The Morgan fingerprint density at radius 2 is 2.38 bits per heavy atom. The van der Waals surface area contributed by atoms with Gasteiger partial charge in [-0.25, -0.2) is 4.98 Å². The van der Waals surface area contributed by atoms with E-state index in [9.17, 15) is 0 Å². The zero-order valence-electron chi connectivity index (χ0n) is 10.0. The van der Waals surface area contributed by atoms with E-state index >= 15 is 0 Å². The number of rotatable bonds is 8. The van der Waals surface area contributed by atoms with Gasteiger partial charge < -0.3 is 10.1 Å². The van der Waals surface area contributed by atoms with Crippen LogP contribution in [0, 0.1) is 0 Å². The molecular formula is C12H20N2OS. The molecule has 0 amide bonds. The van der Waals surface area contributed by atoms with Crippen molar-refractivity contribution in [2.45, 2.75) is 24.9 Å². The van der Waals surface area contributed by atoms with E-state index in [0.29, 0.717) is 0 Å². The van der Waals surface area contributed by atoms with E-state index in [4.69, 9.17) is 4.74 Å². The van der Waals surface area contributed by atoms with E-state index in [1.54, 1.807) is 18.9 Å². The minimum atomic E-state index is 0.822. The average Bonchev–Trinajstić information content (AvgIpc) is 2.33. The van der Waals surface area contributed by atoms with Crippen LogP contribution in [0.5, 0.6) is 0 Å². The molecule has 0 aliphatic carbocycles. The highest BCUT2D eigenvalue weighted by atomic mass is 32.2. The van der Waals surface area contributed by atoms with Gasteiger partial charge in [0.1, 0.15) is 5.03 Å².